The predicted octanol–water partition coefficient (Wildman–Crippen LogP) is 15.8. The Bertz CT molecular complexity index is 3410. The van der Waals surface area contributed by atoms with Crippen LogP contribution >= 0.6 is 10.0 Å². The van der Waals surface area contributed by atoms with Gasteiger partial charge in [-0.25, -0.2) is 15.0 Å². The normalized spacial score (nSPS) is 13.1. The van der Waals surface area contributed by atoms with Crippen LogP contribution in [0.3, 0.4) is 0 Å². The number of benzene rings is 10. The smallest absolute Gasteiger partial charge is 0.164 e. The summed E-state index contributed by atoms with van der Waals surface area (Å²) in [6.07, 6.45) is 0. The molecular weight excluding hydrogens is 783 g/mol. The molecule has 0 saturated heterocycles. The molecule has 0 spiro atoms. The molecule has 0 fully saturated rings. The summed E-state index contributed by atoms with van der Waals surface area (Å²) < 4.78 is 0. The monoisotopic (exact) mass is 821 g/mol. The van der Waals surface area contributed by atoms with Crippen molar-refractivity contribution < 1.29 is 0 Å². The van der Waals surface area contributed by atoms with Crippen molar-refractivity contribution in [3.8, 4) is 67.5 Å². The molecule has 4 heteroatoms. The lowest BCUT2D eigenvalue weighted by Gasteiger charge is -2.39. The first-order chi connectivity index (χ1) is 31.2. The van der Waals surface area contributed by atoms with Crippen molar-refractivity contribution in [3.63, 3.8) is 0 Å². The van der Waals surface area contributed by atoms with Crippen LogP contribution in [-0.4, -0.2) is 15.0 Å². The maximum absolute atomic E-state index is 5.08. The van der Waals surface area contributed by atoms with Gasteiger partial charge in [-0.2, -0.15) is 0 Å². The fourth-order valence-electron chi connectivity index (χ4n) is 9.22. The van der Waals surface area contributed by atoms with E-state index in [1.165, 1.54) is 63.4 Å². The van der Waals surface area contributed by atoms with Gasteiger partial charge in [0.05, 0.1) is 0 Å². The molecule has 0 amide bonds. The molecule has 0 bridgehead atoms. The summed E-state index contributed by atoms with van der Waals surface area (Å²) in [5.41, 5.74) is 10.1. The Labute approximate surface area is 368 Å². The van der Waals surface area contributed by atoms with Crippen LogP contribution in [0.15, 0.2) is 256 Å². The van der Waals surface area contributed by atoms with Gasteiger partial charge in [-0.05, 0) is 91.3 Å². The summed E-state index contributed by atoms with van der Waals surface area (Å²) in [5.74, 6) is 1.92. The van der Waals surface area contributed by atoms with E-state index >= 15 is 0 Å². The third-order valence-electron chi connectivity index (χ3n) is 12.4. The third-order valence-corrected chi connectivity index (χ3v) is 16.3. The highest BCUT2D eigenvalue weighted by atomic mass is 32.3. The maximum atomic E-state index is 5.08. The van der Waals surface area contributed by atoms with E-state index in [2.05, 4.69) is 212 Å². The average Bonchev–Trinajstić information content (AvgIpc) is 3.67. The van der Waals surface area contributed by atoms with Gasteiger partial charge in [0.2, 0.25) is 0 Å². The molecule has 0 saturated carbocycles. The van der Waals surface area contributed by atoms with Gasteiger partial charge < -0.3 is 0 Å². The predicted molar refractivity (Wildman–Crippen MR) is 261 cm³/mol. The lowest BCUT2D eigenvalue weighted by Crippen LogP contribution is -2.02. The van der Waals surface area contributed by atoms with Crippen LogP contribution in [0.1, 0.15) is 0 Å². The maximum Gasteiger partial charge on any atom is 0.164 e. The highest BCUT2D eigenvalue weighted by molar-refractivity contribution is 8.34. The van der Waals surface area contributed by atoms with Crippen molar-refractivity contribution in [2.24, 2.45) is 0 Å². The summed E-state index contributed by atoms with van der Waals surface area (Å²) in [6.45, 7) is 0. The second-order valence-corrected chi connectivity index (χ2v) is 19.1. The van der Waals surface area contributed by atoms with Gasteiger partial charge in [-0.1, -0.05) is 200 Å². The molecule has 1 aromatic heterocycles. The fourth-order valence-corrected chi connectivity index (χ4v) is 13.5. The van der Waals surface area contributed by atoms with E-state index in [4.69, 9.17) is 15.0 Å². The number of nitrogens with zero attached hydrogens (tertiary/aromatic N) is 3. The molecule has 0 aliphatic carbocycles. The van der Waals surface area contributed by atoms with Crippen LogP contribution < -0.4 is 0 Å². The molecule has 0 N–H and O–H groups in total. The molecule has 11 aromatic rings. The molecule has 3 nitrogen and oxygen atoms in total. The van der Waals surface area contributed by atoms with E-state index < -0.39 is 10.0 Å². The third kappa shape index (κ3) is 6.34. The SMILES string of the molecule is c1ccc(-c2ccc(-c3nc(-c4ccccc4)nc(-c4ccc(-c5ccc6c(c5)S(c5ccc7ccccc7c5)(c5ccc7ccccc7c5)c5ccccc5-6)cc4)n3)cc2)cc1. The standard InChI is InChI=1S/C59H39N3S/c1-3-13-40(14-4-1)43-23-27-46(28-24-43)58-60-57(45-17-5-2-6-18-45)61-59(62-58)47-29-25-44(26-30-47)50-33-36-54-53-21-11-12-22-55(53)63(56(54)39-50,51-34-31-41-15-7-9-19-48(41)37-51)52-35-32-42-16-8-10-20-49(42)38-52/h1-39H. The van der Waals surface area contributed by atoms with E-state index in [9.17, 15) is 0 Å². The number of fused-ring (bicyclic) bond motifs is 5. The molecule has 1 aliphatic rings. The second kappa shape index (κ2) is 15.2. The number of hydrogen-bond donors (Lipinski definition) is 0. The summed E-state index contributed by atoms with van der Waals surface area (Å²) in [4.78, 5) is 20.5. The van der Waals surface area contributed by atoms with E-state index in [0.717, 1.165) is 27.8 Å². The van der Waals surface area contributed by atoms with Gasteiger partial charge in [0.1, 0.15) is 0 Å². The molecule has 0 radical (unpaired) electrons. The molecular formula is C59H39N3S. The molecule has 0 atom stereocenters. The van der Waals surface area contributed by atoms with Crippen LogP contribution in [0.4, 0.5) is 0 Å². The van der Waals surface area contributed by atoms with Crippen LogP contribution in [0.5, 0.6) is 0 Å². The molecule has 10 aromatic carbocycles. The summed E-state index contributed by atoms with van der Waals surface area (Å²) in [5, 5.41) is 5.00. The molecule has 0 unspecified atom stereocenters. The van der Waals surface area contributed by atoms with Crippen LogP contribution in [0.2, 0.25) is 0 Å². The first kappa shape index (κ1) is 36.9. The minimum Gasteiger partial charge on any atom is -0.208 e. The van der Waals surface area contributed by atoms with Crippen molar-refractivity contribution in [1.29, 1.82) is 0 Å². The minimum absolute atomic E-state index is 0.637. The van der Waals surface area contributed by atoms with E-state index in [1.54, 1.807) is 0 Å². The lowest BCUT2D eigenvalue weighted by molar-refractivity contribution is 1.07. The summed E-state index contributed by atoms with van der Waals surface area (Å²) in [6, 6.07) is 85.6. The zero-order valence-corrected chi connectivity index (χ0v) is 35.1. The largest absolute Gasteiger partial charge is 0.208 e. The zero-order valence-electron chi connectivity index (χ0n) is 34.3. The van der Waals surface area contributed by atoms with Crippen molar-refractivity contribution in [1.82, 2.24) is 15.0 Å². The molecule has 2 heterocycles. The van der Waals surface area contributed by atoms with Crippen LogP contribution in [0.25, 0.3) is 89.1 Å². The average molecular weight is 822 g/mol. The van der Waals surface area contributed by atoms with Crippen LogP contribution in [0, 0.1) is 0 Å². The topological polar surface area (TPSA) is 38.7 Å². The lowest BCUT2D eigenvalue weighted by atomic mass is 9.99. The van der Waals surface area contributed by atoms with Gasteiger partial charge in [-0.15, -0.1) is 10.0 Å². The van der Waals surface area contributed by atoms with Crippen molar-refractivity contribution >= 4 is 31.6 Å². The minimum atomic E-state index is -1.91. The fraction of sp³-hybridized carbons (Fsp3) is 0. The Morgan fingerprint density at radius 2 is 0.619 bits per heavy atom. The molecule has 1 aliphatic heterocycles. The van der Waals surface area contributed by atoms with Gasteiger partial charge in [0.15, 0.2) is 17.5 Å². The van der Waals surface area contributed by atoms with E-state index in [-0.39, 0.29) is 0 Å². The molecule has 296 valence electrons. The molecule has 12 rings (SSSR count). The quantitative estimate of drug-likeness (QED) is 0.161. The van der Waals surface area contributed by atoms with E-state index in [1.807, 2.05) is 24.3 Å². The number of aromatic nitrogens is 3. The summed E-state index contributed by atoms with van der Waals surface area (Å²) in [7, 11) is -1.91. The van der Waals surface area contributed by atoms with Gasteiger partial charge in [0.25, 0.3) is 0 Å². The Morgan fingerprint density at radius 3 is 1.17 bits per heavy atom. The molecule has 63 heavy (non-hydrogen) atoms. The van der Waals surface area contributed by atoms with Crippen molar-refractivity contribution in [2.75, 3.05) is 0 Å². The van der Waals surface area contributed by atoms with E-state index in [0.29, 0.717) is 17.5 Å². The Kier molecular flexibility index (Phi) is 8.91. The first-order valence-corrected chi connectivity index (χ1v) is 23.0. The first-order valence-electron chi connectivity index (χ1n) is 21.3. The zero-order chi connectivity index (χ0) is 41.7. The van der Waals surface area contributed by atoms with Crippen LogP contribution in [-0.2, 0) is 0 Å². The highest BCUT2D eigenvalue weighted by Crippen LogP contribution is 2.80. The number of hydrogen-bond acceptors (Lipinski definition) is 3. The Morgan fingerprint density at radius 1 is 0.238 bits per heavy atom. The summed E-state index contributed by atoms with van der Waals surface area (Å²) >= 11 is 0. The van der Waals surface area contributed by atoms with Gasteiger partial charge >= 0.3 is 0 Å². The number of rotatable bonds is 7. The van der Waals surface area contributed by atoms with Gasteiger partial charge in [-0.3, -0.25) is 0 Å². The second-order valence-electron chi connectivity index (χ2n) is 16.0. The van der Waals surface area contributed by atoms with Gasteiger partial charge in [0, 0.05) is 36.3 Å². The Hall–Kier alpha value is -7.92. The highest BCUT2D eigenvalue weighted by Gasteiger charge is 2.42. The van der Waals surface area contributed by atoms with Crippen molar-refractivity contribution in [3.05, 3.63) is 237 Å². The Balaban J connectivity index is 0.984. The van der Waals surface area contributed by atoms with Crippen molar-refractivity contribution in [2.45, 2.75) is 19.6 Å².